The molecule has 1 unspecified atom stereocenters. The molecule has 2 aromatic rings. The minimum absolute atomic E-state index is 0.0470. The molecule has 0 radical (unpaired) electrons. The molecular weight excluding hydrogens is 462 g/mol. The van der Waals surface area contributed by atoms with Gasteiger partial charge in [-0.1, -0.05) is 31.0 Å². The molecule has 0 saturated carbocycles. The molecule has 8 heteroatoms. The Balaban J connectivity index is 1.52. The Labute approximate surface area is 209 Å². The highest BCUT2D eigenvalue weighted by atomic mass is 32.2. The Morgan fingerprint density at radius 1 is 0.943 bits per heavy atom. The lowest BCUT2D eigenvalue weighted by molar-refractivity contribution is 0.0923. The van der Waals surface area contributed by atoms with Crippen LogP contribution in [0.5, 0.6) is 5.75 Å². The van der Waals surface area contributed by atoms with Gasteiger partial charge in [0.05, 0.1) is 18.0 Å². The highest BCUT2D eigenvalue weighted by molar-refractivity contribution is 7.89. The number of likely N-dealkylation sites (tertiary alicyclic amines) is 1. The van der Waals surface area contributed by atoms with Gasteiger partial charge in [0.25, 0.3) is 5.91 Å². The Hall–Kier alpha value is -2.42. The van der Waals surface area contributed by atoms with Crippen molar-refractivity contribution < 1.29 is 17.9 Å². The first-order valence-electron chi connectivity index (χ1n) is 12.7. The molecule has 0 aliphatic carbocycles. The number of nitrogens with zero attached hydrogens (tertiary/aromatic N) is 2. The summed E-state index contributed by atoms with van der Waals surface area (Å²) in [5.74, 6) is 0.561. The molecule has 2 aliphatic rings. The maximum absolute atomic E-state index is 13.3. The van der Waals surface area contributed by atoms with Gasteiger partial charge in [-0.15, -0.1) is 0 Å². The average molecular weight is 500 g/mol. The minimum Gasteiger partial charge on any atom is -0.497 e. The second-order valence-corrected chi connectivity index (χ2v) is 11.5. The van der Waals surface area contributed by atoms with Gasteiger partial charge in [0.2, 0.25) is 10.0 Å². The molecule has 0 spiro atoms. The van der Waals surface area contributed by atoms with Crippen molar-refractivity contribution in [3.05, 3.63) is 59.2 Å². The van der Waals surface area contributed by atoms with E-state index in [-0.39, 0.29) is 16.8 Å². The third-order valence-electron chi connectivity index (χ3n) is 7.19. The van der Waals surface area contributed by atoms with Crippen LogP contribution in [0.25, 0.3) is 0 Å². The van der Waals surface area contributed by atoms with Crippen molar-refractivity contribution in [1.29, 1.82) is 0 Å². The fourth-order valence-electron chi connectivity index (χ4n) is 5.06. The maximum Gasteiger partial charge on any atom is 0.251 e. The third kappa shape index (κ3) is 6.05. The number of nitrogens with one attached hydrogen (secondary N) is 1. The van der Waals surface area contributed by atoms with Crippen LogP contribution in [0.2, 0.25) is 0 Å². The quantitative estimate of drug-likeness (QED) is 0.591. The lowest BCUT2D eigenvalue weighted by Crippen LogP contribution is -2.40. The van der Waals surface area contributed by atoms with E-state index in [1.807, 2.05) is 19.1 Å². The largest absolute Gasteiger partial charge is 0.497 e. The number of amides is 1. The normalized spacial score (nSPS) is 18.7. The van der Waals surface area contributed by atoms with E-state index in [1.54, 1.807) is 23.5 Å². The molecule has 1 N–H and O–H groups in total. The van der Waals surface area contributed by atoms with E-state index in [9.17, 15) is 13.2 Å². The fraction of sp³-hybridized carbons (Fsp3) is 0.519. The Kier molecular flexibility index (Phi) is 8.46. The number of carbonyl (C=O) groups is 1. The van der Waals surface area contributed by atoms with Crippen LogP contribution in [-0.2, 0) is 10.0 Å². The molecule has 1 atom stereocenters. The number of methoxy groups -OCH3 is 1. The van der Waals surface area contributed by atoms with E-state index in [0.717, 1.165) is 62.1 Å². The summed E-state index contributed by atoms with van der Waals surface area (Å²) in [7, 11) is -1.95. The average Bonchev–Trinajstić information content (AvgIpc) is 2.90. The van der Waals surface area contributed by atoms with Crippen LogP contribution >= 0.6 is 0 Å². The van der Waals surface area contributed by atoms with E-state index < -0.39 is 10.0 Å². The van der Waals surface area contributed by atoms with Gasteiger partial charge in [-0.25, -0.2) is 8.42 Å². The van der Waals surface area contributed by atoms with Gasteiger partial charge in [0, 0.05) is 25.2 Å². The van der Waals surface area contributed by atoms with Crippen molar-refractivity contribution in [2.45, 2.75) is 56.4 Å². The summed E-state index contributed by atoms with van der Waals surface area (Å²) in [6.45, 7) is 5.37. The van der Waals surface area contributed by atoms with Crippen molar-refractivity contribution in [2.75, 3.05) is 39.8 Å². The lowest BCUT2D eigenvalue weighted by atomic mass is 10.0. The second kappa shape index (κ2) is 11.5. The molecule has 0 bridgehead atoms. The number of hydrogen-bond acceptors (Lipinski definition) is 5. The number of aryl methyl sites for hydroxylation is 1. The summed E-state index contributed by atoms with van der Waals surface area (Å²) in [5, 5.41) is 3.10. The molecule has 2 saturated heterocycles. The number of rotatable bonds is 8. The summed E-state index contributed by atoms with van der Waals surface area (Å²) in [5.41, 5.74) is 2.31. The number of benzene rings is 2. The smallest absolute Gasteiger partial charge is 0.251 e. The second-order valence-electron chi connectivity index (χ2n) is 9.54. The first kappa shape index (κ1) is 25.7. The van der Waals surface area contributed by atoms with Gasteiger partial charge in [-0.05, 0) is 81.1 Å². The van der Waals surface area contributed by atoms with Crippen molar-refractivity contribution in [2.24, 2.45) is 0 Å². The van der Waals surface area contributed by atoms with Crippen molar-refractivity contribution >= 4 is 15.9 Å². The SMILES string of the molecule is COc1ccc(C(CNC(=O)c2cc(S(=O)(=O)N3CCCCC3)ccc2C)N2CCCCC2)cc1. The lowest BCUT2D eigenvalue weighted by Gasteiger charge is -2.35. The van der Waals surface area contributed by atoms with Crippen molar-refractivity contribution in [3.8, 4) is 5.75 Å². The molecule has 35 heavy (non-hydrogen) atoms. The monoisotopic (exact) mass is 499 g/mol. The zero-order chi connectivity index (χ0) is 24.8. The Bertz CT molecular complexity index is 1110. The number of sulfonamides is 1. The van der Waals surface area contributed by atoms with E-state index >= 15 is 0 Å². The molecule has 7 nitrogen and oxygen atoms in total. The minimum atomic E-state index is -3.60. The summed E-state index contributed by atoms with van der Waals surface area (Å²) < 4.78 is 33.2. The molecule has 2 aliphatic heterocycles. The third-order valence-corrected chi connectivity index (χ3v) is 9.09. The van der Waals surface area contributed by atoms with Gasteiger partial charge >= 0.3 is 0 Å². The highest BCUT2D eigenvalue weighted by Gasteiger charge is 2.28. The highest BCUT2D eigenvalue weighted by Crippen LogP contribution is 2.27. The van der Waals surface area contributed by atoms with Crippen LogP contribution in [0.3, 0.4) is 0 Å². The van der Waals surface area contributed by atoms with Crippen LogP contribution in [0.15, 0.2) is 47.4 Å². The molecular formula is C27H37N3O4S. The zero-order valence-electron chi connectivity index (χ0n) is 20.8. The number of piperidine rings is 2. The summed E-state index contributed by atoms with van der Waals surface area (Å²) in [6, 6.07) is 13.0. The van der Waals surface area contributed by atoms with E-state index in [1.165, 1.54) is 12.5 Å². The number of carbonyl (C=O) groups excluding carboxylic acids is 1. The van der Waals surface area contributed by atoms with E-state index in [2.05, 4.69) is 22.3 Å². The first-order valence-corrected chi connectivity index (χ1v) is 14.1. The van der Waals surface area contributed by atoms with Crippen LogP contribution in [0, 0.1) is 6.92 Å². The summed E-state index contributed by atoms with van der Waals surface area (Å²) in [4.78, 5) is 15.9. The molecule has 2 fully saturated rings. The number of ether oxygens (including phenoxy) is 1. The van der Waals surface area contributed by atoms with Crippen molar-refractivity contribution in [1.82, 2.24) is 14.5 Å². The van der Waals surface area contributed by atoms with E-state index in [4.69, 9.17) is 4.74 Å². The summed E-state index contributed by atoms with van der Waals surface area (Å²) in [6.07, 6.45) is 6.34. The maximum atomic E-state index is 13.3. The predicted molar refractivity (Wildman–Crippen MR) is 137 cm³/mol. The molecule has 1 amide bonds. The molecule has 190 valence electrons. The molecule has 4 rings (SSSR count). The molecule has 2 heterocycles. The van der Waals surface area contributed by atoms with Gasteiger partial charge in [0.15, 0.2) is 0 Å². The van der Waals surface area contributed by atoms with Crippen LogP contribution in [-0.4, -0.2) is 63.4 Å². The Morgan fingerprint density at radius 3 is 2.20 bits per heavy atom. The number of hydrogen-bond donors (Lipinski definition) is 1. The fourth-order valence-corrected chi connectivity index (χ4v) is 6.60. The van der Waals surface area contributed by atoms with Crippen LogP contribution < -0.4 is 10.1 Å². The molecule has 0 aromatic heterocycles. The van der Waals surface area contributed by atoms with Gasteiger partial charge in [-0.3, -0.25) is 9.69 Å². The predicted octanol–water partition coefficient (Wildman–Crippen LogP) is 4.14. The van der Waals surface area contributed by atoms with Crippen LogP contribution in [0.4, 0.5) is 0 Å². The van der Waals surface area contributed by atoms with Crippen LogP contribution in [0.1, 0.15) is 66.1 Å². The van der Waals surface area contributed by atoms with Gasteiger partial charge in [-0.2, -0.15) is 4.31 Å². The standard InChI is InChI=1S/C27H37N3O4S/c1-21-9-14-24(35(32,33)30-17-7-4-8-18-30)19-25(21)27(31)28-20-26(29-15-5-3-6-16-29)22-10-12-23(34-2)13-11-22/h9-14,19,26H,3-8,15-18,20H2,1-2H3,(H,28,31). The summed E-state index contributed by atoms with van der Waals surface area (Å²) >= 11 is 0. The topological polar surface area (TPSA) is 78.9 Å². The molecule has 2 aromatic carbocycles. The van der Waals surface area contributed by atoms with E-state index in [0.29, 0.717) is 25.2 Å². The van der Waals surface area contributed by atoms with Crippen molar-refractivity contribution in [3.63, 3.8) is 0 Å². The van der Waals surface area contributed by atoms with Gasteiger partial charge in [0.1, 0.15) is 5.75 Å². The van der Waals surface area contributed by atoms with Gasteiger partial charge < -0.3 is 10.1 Å². The Morgan fingerprint density at radius 2 is 1.57 bits per heavy atom. The first-order chi connectivity index (χ1) is 16.9. The zero-order valence-corrected chi connectivity index (χ0v) is 21.6.